The molecule has 3 rings (SSSR count). The molecule has 0 bridgehead atoms. The lowest BCUT2D eigenvalue weighted by molar-refractivity contribution is 0.0824. The molecular weight excluding hydrogens is 304 g/mol. The van der Waals surface area contributed by atoms with E-state index >= 15 is 0 Å². The van der Waals surface area contributed by atoms with Gasteiger partial charge in [-0.05, 0) is 29.8 Å². The van der Waals surface area contributed by atoms with E-state index in [0.717, 1.165) is 22.2 Å². The van der Waals surface area contributed by atoms with E-state index in [1.54, 1.807) is 14.2 Å². The first-order chi connectivity index (χ1) is 11.7. The van der Waals surface area contributed by atoms with Gasteiger partial charge in [-0.15, -0.1) is 0 Å². The molecule has 0 spiro atoms. The number of H-pyrrole nitrogens is 1. The third kappa shape index (κ3) is 3.41. The third-order valence-electron chi connectivity index (χ3n) is 3.97. The number of methoxy groups -OCH3 is 2. The molecule has 1 amide bonds. The number of aromatic amines is 1. The lowest BCUT2D eigenvalue weighted by atomic mass is 10.1. The highest BCUT2D eigenvalue weighted by atomic mass is 16.5. The topological polar surface area (TPSA) is 63.3 Å². The fourth-order valence-electron chi connectivity index (χ4n) is 2.66. The van der Waals surface area contributed by atoms with Gasteiger partial charge in [0.05, 0.1) is 13.2 Å². The zero-order valence-electron chi connectivity index (χ0n) is 13.7. The molecule has 0 saturated heterocycles. The highest BCUT2D eigenvalue weighted by Crippen LogP contribution is 2.21. The number of hydrogen-bond acceptors (Lipinski definition) is 3. The van der Waals surface area contributed by atoms with E-state index in [4.69, 9.17) is 9.47 Å². The smallest absolute Gasteiger partial charge is 0.267 e. The van der Waals surface area contributed by atoms with E-state index in [-0.39, 0.29) is 12.0 Å². The number of aromatic nitrogens is 1. The Kier molecular flexibility index (Phi) is 4.82. The van der Waals surface area contributed by atoms with Crippen molar-refractivity contribution in [1.82, 2.24) is 10.3 Å². The molecule has 5 nitrogen and oxygen atoms in total. The number of nitrogens with one attached hydrogen (secondary N) is 2. The van der Waals surface area contributed by atoms with Crippen LogP contribution in [0.3, 0.4) is 0 Å². The van der Waals surface area contributed by atoms with E-state index in [0.29, 0.717) is 12.2 Å². The van der Waals surface area contributed by atoms with Crippen molar-refractivity contribution in [3.8, 4) is 5.75 Å². The molecule has 0 aliphatic carbocycles. The summed E-state index contributed by atoms with van der Waals surface area (Å²) in [5.41, 5.74) is 2.43. The molecule has 5 heteroatoms. The summed E-state index contributed by atoms with van der Waals surface area (Å²) in [4.78, 5) is 15.5. The van der Waals surface area contributed by atoms with Crippen molar-refractivity contribution < 1.29 is 14.3 Å². The molecule has 1 atom stereocenters. The van der Waals surface area contributed by atoms with Crippen molar-refractivity contribution in [1.29, 1.82) is 0 Å². The molecule has 3 aromatic rings. The van der Waals surface area contributed by atoms with Crippen LogP contribution in [0.4, 0.5) is 0 Å². The summed E-state index contributed by atoms with van der Waals surface area (Å²) in [6.07, 6.45) is -0.242. The number of carbonyl (C=O) groups excluding carboxylic acids is 1. The van der Waals surface area contributed by atoms with Crippen LogP contribution >= 0.6 is 0 Å². The normalized spacial score (nSPS) is 12.1. The molecule has 124 valence electrons. The number of para-hydroxylation sites is 1. The zero-order valence-corrected chi connectivity index (χ0v) is 13.7. The number of amides is 1. The Hall–Kier alpha value is -2.79. The van der Waals surface area contributed by atoms with Crippen LogP contribution in [-0.2, 0) is 4.74 Å². The molecule has 2 N–H and O–H groups in total. The Bertz CT molecular complexity index is 808. The first-order valence-corrected chi connectivity index (χ1v) is 7.74. The summed E-state index contributed by atoms with van der Waals surface area (Å²) >= 11 is 0. The van der Waals surface area contributed by atoms with Gasteiger partial charge >= 0.3 is 0 Å². The number of benzene rings is 2. The van der Waals surface area contributed by atoms with Gasteiger partial charge in [-0.3, -0.25) is 4.79 Å². The molecule has 0 fully saturated rings. The minimum Gasteiger partial charge on any atom is -0.497 e. The molecule has 1 heterocycles. The van der Waals surface area contributed by atoms with Crippen molar-refractivity contribution in [3.05, 3.63) is 65.9 Å². The van der Waals surface area contributed by atoms with E-state index in [2.05, 4.69) is 10.3 Å². The van der Waals surface area contributed by atoms with Gasteiger partial charge < -0.3 is 19.8 Å². The van der Waals surface area contributed by atoms with Crippen molar-refractivity contribution in [2.24, 2.45) is 0 Å². The summed E-state index contributed by atoms with van der Waals surface area (Å²) in [5, 5.41) is 3.92. The number of fused-ring (bicyclic) bond motifs is 1. The Morgan fingerprint density at radius 3 is 2.71 bits per heavy atom. The minimum atomic E-state index is -0.242. The van der Waals surface area contributed by atoms with Crippen molar-refractivity contribution in [2.75, 3.05) is 20.8 Å². The highest BCUT2D eigenvalue weighted by Gasteiger charge is 2.15. The molecule has 1 aromatic heterocycles. The summed E-state index contributed by atoms with van der Waals surface area (Å²) in [6, 6.07) is 17.3. The Morgan fingerprint density at radius 2 is 1.96 bits per heavy atom. The molecule has 0 aliphatic heterocycles. The van der Waals surface area contributed by atoms with Gasteiger partial charge in [0.2, 0.25) is 0 Å². The second-order valence-corrected chi connectivity index (χ2v) is 5.48. The average Bonchev–Trinajstić information content (AvgIpc) is 3.06. The summed E-state index contributed by atoms with van der Waals surface area (Å²) in [5.74, 6) is 0.604. The summed E-state index contributed by atoms with van der Waals surface area (Å²) in [6.45, 7) is 0.373. The minimum absolute atomic E-state index is 0.156. The first kappa shape index (κ1) is 16.1. The van der Waals surface area contributed by atoms with Crippen LogP contribution in [0, 0.1) is 0 Å². The maximum absolute atomic E-state index is 12.4. The second kappa shape index (κ2) is 7.19. The number of hydrogen-bond donors (Lipinski definition) is 2. The second-order valence-electron chi connectivity index (χ2n) is 5.48. The van der Waals surface area contributed by atoms with Gasteiger partial charge in [0, 0.05) is 24.6 Å². The van der Waals surface area contributed by atoms with Gasteiger partial charge in [0.15, 0.2) is 0 Å². The fraction of sp³-hybridized carbons (Fsp3) is 0.211. The number of ether oxygens (including phenoxy) is 2. The Morgan fingerprint density at radius 1 is 1.12 bits per heavy atom. The van der Waals surface area contributed by atoms with Gasteiger partial charge in [0.25, 0.3) is 5.91 Å². The van der Waals surface area contributed by atoms with E-state index < -0.39 is 0 Å². The van der Waals surface area contributed by atoms with Crippen LogP contribution in [-0.4, -0.2) is 31.7 Å². The maximum Gasteiger partial charge on any atom is 0.267 e. The lowest BCUT2D eigenvalue weighted by Crippen LogP contribution is -2.29. The standard InChI is InChI=1S/C19H20N2O3/c1-23-15-8-5-7-14(10-15)18(24-2)12-20-19(22)17-11-13-6-3-4-9-16(13)21-17/h3-11,18,21H,12H2,1-2H3,(H,20,22)/t18-/m1/s1. The Labute approximate surface area is 140 Å². The molecule has 0 aliphatic rings. The van der Waals surface area contributed by atoms with E-state index in [9.17, 15) is 4.79 Å². The molecule has 2 aromatic carbocycles. The van der Waals surface area contributed by atoms with Gasteiger partial charge in [0.1, 0.15) is 11.4 Å². The molecule has 0 saturated carbocycles. The number of carbonyl (C=O) groups is 1. The average molecular weight is 324 g/mol. The SMILES string of the molecule is COc1cccc([C@@H](CNC(=O)c2cc3ccccc3[nH]2)OC)c1. The highest BCUT2D eigenvalue weighted by molar-refractivity contribution is 5.97. The van der Waals surface area contributed by atoms with Gasteiger partial charge in [-0.2, -0.15) is 0 Å². The van der Waals surface area contributed by atoms with Gasteiger partial charge in [-0.25, -0.2) is 0 Å². The van der Waals surface area contributed by atoms with Crippen LogP contribution in [0.25, 0.3) is 10.9 Å². The van der Waals surface area contributed by atoms with Crippen molar-refractivity contribution in [3.63, 3.8) is 0 Å². The largest absolute Gasteiger partial charge is 0.497 e. The maximum atomic E-state index is 12.4. The fourth-order valence-corrected chi connectivity index (χ4v) is 2.66. The molecule has 0 unspecified atom stereocenters. The monoisotopic (exact) mass is 324 g/mol. The molecular formula is C19H20N2O3. The quantitative estimate of drug-likeness (QED) is 0.731. The van der Waals surface area contributed by atoms with Crippen LogP contribution < -0.4 is 10.1 Å². The summed E-state index contributed by atoms with van der Waals surface area (Å²) < 4.78 is 10.7. The first-order valence-electron chi connectivity index (χ1n) is 7.74. The Balaban J connectivity index is 1.69. The van der Waals surface area contributed by atoms with Crippen molar-refractivity contribution in [2.45, 2.75) is 6.10 Å². The predicted molar refractivity (Wildman–Crippen MR) is 93.4 cm³/mol. The van der Waals surface area contributed by atoms with Crippen LogP contribution in [0.2, 0.25) is 0 Å². The summed E-state index contributed by atoms with van der Waals surface area (Å²) in [7, 11) is 3.25. The van der Waals surface area contributed by atoms with Crippen LogP contribution in [0.1, 0.15) is 22.2 Å². The predicted octanol–water partition coefficient (Wildman–Crippen LogP) is 3.29. The van der Waals surface area contributed by atoms with Crippen LogP contribution in [0.5, 0.6) is 5.75 Å². The van der Waals surface area contributed by atoms with Crippen molar-refractivity contribution >= 4 is 16.8 Å². The number of rotatable bonds is 6. The van der Waals surface area contributed by atoms with Crippen LogP contribution in [0.15, 0.2) is 54.6 Å². The van der Waals surface area contributed by atoms with E-state index in [1.807, 2.05) is 54.6 Å². The molecule has 24 heavy (non-hydrogen) atoms. The third-order valence-corrected chi connectivity index (χ3v) is 3.97. The lowest BCUT2D eigenvalue weighted by Gasteiger charge is -2.17. The van der Waals surface area contributed by atoms with Gasteiger partial charge in [-0.1, -0.05) is 30.3 Å². The van der Waals surface area contributed by atoms with E-state index in [1.165, 1.54) is 0 Å². The molecule has 0 radical (unpaired) electrons. The zero-order chi connectivity index (χ0) is 16.9.